The fourth-order valence-electron chi connectivity index (χ4n) is 2.27. The predicted octanol–water partition coefficient (Wildman–Crippen LogP) is 1.71. The van der Waals surface area contributed by atoms with Crippen molar-refractivity contribution in [3.05, 3.63) is 29.6 Å². The lowest BCUT2D eigenvalue weighted by Gasteiger charge is -2.22. The molecule has 4 nitrogen and oxygen atoms in total. The number of carbonyl (C=O) groups is 1. The van der Waals surface area contributed by atoms with E-state index in [2.05, 4.69) is 5.32 Å². The molecule has 1 N–H and O–H groups in total. The smallest absolute Gasteiger partial charge is 0.165 e. The minimum Gasteiger partial charge on any atom is -0.494 e. The maximum atomic E-state index is 13.5. The van der Waals surface area contributed by atoms with Crippen LogP contribution in [0, 0.1) is 5.82 Å². The van der Waals surface area contributed by atoms with Gasteiger partial charge in [-0.2, -0.15) is 0 Å². The van der Waals surface area contributed by atoms with Gasteiger partial charge >= 0.3 is 0 Å². The highest BCUT2D eigenvalue weighted by Gasteiger charge is 2.15. The molecule has 1 saturated heterocycles. The van der Waals surface area contributed by atoms with Gasteiger partial charge < -0.3 is 14.8 Å². The highest BCUT2D eigenvalue weighted by molar-refractivity contribution is 5.82. The van der Waals surface area contributed by atoms with Crippen LogP contribution in [0.3, 0.4) is 0 Å². The number of benzene rings is 1. The van der Waals surface area contributed by atoms with Gasteiger partial charge in [-0.15, -0.1) is 0 Å². The van der Waals surface area contributed by atoms with Gasteiger partial charge in [0.1, 0.15) is 6.61 Å². The number of nitrogens with one attached hydrogen (secondary N) is 1. The van der Waals surface area contributed by atoms with Crippen LogP contribution in [-0.2, 0) is 16.0 Å². The van der Waals surface area contributed by atoms with Crippen LogP contribution in [0.5, 0.6) is 5.75 Å². The number of rotatable bonds is 6. The van der Waals surface area contributed by atoms with E-state index in [1.54, 1.807) is 6.07 Å². The molecule has 0 radical (unpaired) electrons. The van der Waals surface area contributed by atoms with Crippen molar-refractivity contribution < 1.29 is 18.7 Å². The lowest BCUT2D eigenvalue weighted by Crippen LogP contribution is -2.33. The number of ketones is 1. The molecule has 0 aliphatic carbocycles. The van der Waals surface area contributed by atoms with E-state index < -0.39 is 5.82 Å². The van der Waals surface area contributed by atoms with Gasteiger partial charge in [0.2, 0.25) is 0 Å². The quantitative estimate of drug-likeness (QED) is 0.862. The molecule has 1 fully saturated rings. The zero-order valence-corrected chi connectivity index (χ0v) is 11.7. The Morgan fingerprint density at radius 1 is 1.40 bits per heavy atom. The van der Waals surface area contributed by atoms with E-state index in [0.717, 1.165) is 25.9 Å². The standard InChI is InChI=1S/C15H20FNO3/c1-19-15-3-2-11(9-14(15)16)8-12(18)10-20-13-4-6-17-7-5-13/h2-3,9,13,17H,4-8,10H2,1H3. The first-order chi connectivity index (χ1) is 9.69. The van der Waals surface area contributed by atoms with Crippen LogP contribution in [0.2, 0.25) is 0 Å². The Bertz CT molecular complexity index is 458. The summed E-state index contributed by atoms with van der Waals surface area (Å²) in [5.74, 6) is -0.294. The summed E-state index contributed by atoms with van der Waals surface area (Å²) >= 11 is 0. The topological polar surface area (TPSA) is 47.6 Å². The molecule has 0 spiro atoms. The van der Waals surface area contributed by atoms with Crippen LogP contribution >= 0.6 is 0 Å². The third-order valence-corrected chi connectivity index (χ3v) is 3.38. The fourth-order valence-corrected chi connectivity index (χ4v) is 2.27. The molecule has 1 aliphatic heterocycles. The van der Waals surface area contributed by atoms with Crippen LogP contribution in [-0.4, -0.2) is 38.7 Å². The second kappa shape index (κ2) is 7.36. The van der Waals surface area contributed by atoms with Crippen LogP contribution in [0.25, 0.3) is 0 Å². The normalized spacial score (nSPS) is 16.1. The molecule has 1 aromatic carbocycles. The van der Waals surface area contributed by atoms with Crippen molar-refractivity contribution in [1.82, 2.24) is 5.32 Å². The molecule has 1 heterocycles. The molecule has 0 unspecified atom stereocenters. The maximum Gasteiger partial charge on any atom is 0.165 e. The summed E-state index contributed by atoms with van der Waals surface area (Å²) in [5.41, 5.74) is 0.641. The van der Waals surface area contributed by atoms with E-state index in [-0.39, 0.29) is 30.7 Å². The van der Waals surface area contributed by atoms with Crippen LogP contribution in [0.15, 0.2) is 18.2 Å². The SMILES string of the molecule is COc1ccc(CC(=O)COC2CCNCC2)cc1F. The van der Waals surface area contributed by atoms with Crippen LogP contribution in [0.1, 0.15) is 18.4 Å². The number of hydrogen-bond acceptors (Lipinski definition) is 4. The summed E-state index contributed by atoms with van der Waals surface area (Å²) in [4.78, 5) is 11.8. The number of hydrogen-bond donors (Lipinski definition) is 1. The average molecular weight is 281 g/mol. The number of piperidine rings is 1. The Morgan fingerprint density at radius 2 is 2.15 bits per heavy atom. The molecular weight excluding hydrogens is 261 g/mol. The Balaban J connectivity index is 1.80. The largest absolute Gasteiger partial charge is 0.494 e. The minimum atomic E-state index is -0.447. The molecule has 0 amide bonds. The first-order valence-corrected chi connectivity index (χ1v) is 6.85. The van der Waals surface area contributed by atoms with Crippen molar-refractivity contribution >= 4 is 5.78 Å². The van der Waals surface area contributed by atoms with Gasteiger partial charge in [0.05, 0.1) is 13.2 Å². The molecule has 1 aliphatic rings. The van der Waals surface area contributed by atoms with Gasteiger partial charge in [0.25, 0.3) is 0 Å². The summed E-state index contributed by atoms with van der Waals surface area (Å²) in [6, 6.07) is 4.57. The van der Waals surface area contributed by atoms with E-state index in [0.29, 0.717) is 5.56 Å². The van der Waals surface area contributed by atoms with E-state index in [1.807, 2.05) is 0 Å². The number of ether oxygens (including phenoxy) is 2. The second-order valence-electron chi connectivity index (χ2n) is 4.94. The molecule has 0 saturated carbocycles. The highest BCUT2D eigenvalue weighted by atomic mass is 19.1. The highest BCUT2D eigenvalue weighted by Crippen LogP contribution is 2.18. The first kappa shape index (κ1) is 14.9. The predicted molar refractivity (Wildman–Crippen MR) is 73.5 cm³/mol. The molecular formula is C15H20FNO3. The Hall–Kier alpha value is -1.46. The molecule has 0 bridgehead atoms. The monoisotopic (exact) mass is 281 g/mol. The molecule has 2 rings (SSSR count). The Labute approximate surface area is 118 Å². The first-order valence-electron chi connectivity index (χ1n) is 6.85. The van der Waals surface area contributed by atoms with E-state index >= 15 is 0 Å². The van der Waals surface area contributed by atoms with E-state index in [9.17, 15) is 9.18 Å². The average Bonchev–Trinajstić information content (AvgIpc) is 2.46. The Kier molecular flexibility index (Phi) is 5.49. The van der Waals surface area contributed by atoms with E-state index in [4.69, 9.17) is 9.47 Å². The van der Waals surface area contributed by atoms with Crippen molar-refractivity contribution in [2.45, 2.75) is 25.4 Å². The zero-order chi connectivity index (χ0) is 14.4. The molecule has 5 heteroatoms. The van der Waals surface area contributed by atoms with Crippen molar-refractivity contribution in [1.29, 1.82) is 0 Å². The number of halogens is 1. The zero-order valence-electron chi connectivity index (χ0n) is 11.7. The van der Waals surface area contributed by atoms with Crippen LogP contribution in [0.4, 0.5) is 4.39 Å². The maximum absolute atomic E-state index is 13.5. The molecule has 1 aromatic rings. The van der Waals surface area contributed by atoms with Crippen molar-refractivity contribution in [2.75, 3.05) is 26.8 Å². The van der Waals surface area contributed by atoms with Gasteiger partial charge in [-0.05, 0) is 43.6 Å². The van der Waals surface area contributed by atoms with Gasteiger partial charge in [-0.25, -0.2) is 4.39 Å². The van der Waals surface area contributed by atoms with Gasteiger partial charge in [0, 0.05) is 6.42 Å². The second-order valence-corrected chi connectivity index (χ2v) is 4.94. The summed E-state index contributed by atoms with van der Waals surface area (Å²) < 4.78 is 23.9. The number of Topliss-reactive ketones (excluding diaryl/α,β-unsaturated/α-hetero) is 1. The summed E-state index contributed by atoms with van der Waals surface area (Å²) in [7, 11) is 1.41. The summed E-state index contributed by atoms with van der Waals surface area (Å²) in [6.45, 7) is 1.96. The number of carbonyl (C=O) groups excluding carboxylic acids is 1. The van der Waals surface area contributed by atoms with Gasteiger partial charge in [-0.3, -0.25) is 4.79 Å². The van der Waals surface area contributed by atoms with Crippen molar-refractivity contribution in [3.8, 4) is 5.75 Å². The van der Waals surface area contributed by atoms with E-state index in [1.165, 1.54) is 19.2 Å². The molecule has 20 heavy (non-hydrogen) atoms. The number of methoxy groups -OCH3 is 1. The third-order valence-electron chi connectivity index (χ3n) is 3.38. The van der Waals surface area contributed by atoms with Crippen molar-refractivity contribution in [3.63, 3.8) is 0 Å². The molecule has 0 aromatic heterocycles. The summed E-state index contributed by atoms with van der Waals surface area (Å²) in [6.07, 6.45) is 2.22. The lowest BCUT2D eigenvalue weighted by molar-refractivity contribution is -0.125. The lowest BCUT2D eigenvalue weighted by atomic mass is 10.1. The Morgan fingerprint density at radius 3 is 2.80 bits per heavy atom. The molecule has 0 atom stereocenters. The summed E-state index contributed by atoms with van der Waals surface area (Å²) in [5, 5.41) is 3.24. The van der Waals surface area contributed by atoms with Gasteiger partial charge in [0.15, 0.2) is 17.3 Å². The minimum absolute atomic E-state index is 0.0342. The molecule has 110 valence electrons. The fraction of sp³-hybridized carbons (Fsp3) is 0.533. The van der Waals surface area contributed by atoms with Crippen molar-refractivity contribution in [2.24, 2.45) is 0 Å². The third kappa shape index (κ3) is 4.28. The van der Waals surface area contributed by atoms with Crippen LogP contribution < -0.4 is 10.1 Å². The van der Waals surface area contributed by atoms with Gasteiger partial charge in [-0.1, -0.05) is 6.07 Å².